The summed E-state index contributed by atoms with van der Waals surface area (Å²) >= 11 is 6.38. The summed E-state index contributed by atoms with van der Waals surface area (Å²) in [6.07, 6.45) is 0.560. The number of hydrogen-bond acceptors (Lipinski definition) is 5. The minimum Gasteiger partial charge on any atom is -0.497 e. The van der Waals surface area contributed by atoms with E-state index in [9.17, 15) is 22.8 Å². The number of ether oxygens (including phenoxy) is 1. The monoisotopic (exact) mass is 580 g/mol. The van der Waals surface area contributed by atoms with Crippen molar-refractivity contribution in [1.82, 2.24) is 14.8 Å². The number of nitrogens with zero attached hydrogens (tertiary/aromatic N) is 4. The number of methoxy groups -OCH3 is 1. The van der Waals surface area contributed by atoms with Gasteiger partial charge in [0.05, 0.1) is 12.7 Å². The molecule has 4 rings (SSSR count). The van der Waals surface area contributed by atoms with Crippen molar-refractivity contribution in [3.63, 3.8) is 0 Å². The third-order valence-corrected chi connectivity index (χ3v) is 8.19. The van der Waals surface area contributed by atoms with E-state index in [0.29, 0.717) is 23.9 Å². The van der Waals surface area contributed by atoms with Gasteiger partial charge in [-0.2, -0.15) is 13.2 Å². The Hall–Kier alpha value is -3.01. The Labute approximate surface area is 238 Å². The Bertz CT molecular complexity index is 1200. The predicted octanol–water partition coefficient (Wildman–Crippen LogP) is 5.78. The zero-order valence-corrected chi connectivity index (χ0v) is 23.8. The molecule has 1 aliphatic heterocycles. The summed E-state index contributed by atoms with van der Waals surface area (Å²) in [6, 6.07) is 9.44. The molecule has 0 spiro atoms. The number of amides is 2. The van der Waals surface area contributed by atoms with Crippen LogP contribution in [0.1, 0.15) is 60.4 Å². The van der Waals surface area contributed by atoms with Crippen molar-refractivity contribution in [3.05, 3.63) is 52.7 Å². The van der Waals surface area contributed by atoms with Crippen LogP contribution in [0.15, 0.2) is 36.4 Å². The number of piperidine rings is 1. The smallest absolute Gasteiger partial charge is 0.404 e. The molecule has 2 aromatic rings. The van der Waals surface area contributed by atoms with Crippen LogP contribution >= 0.6 is 11.6 Å². The van der Waals surface area contributed by atoms with Gasteiger partial charge in [0, 0.05) is 39.8 Å². The average Bonchev–Trinajstić information content (AvgIpc) is 3.77. The lowest BCUT2D eigenvalue weighted by Crippen LogP contribution is -2.39. The van der Waals surface area contributed by atoms with E-state index >= 15 is 0 Å². The molecular weight excluding hydrogens is 545 g/mol. The first kappa shape index (κ1) is 30.0. The van der Waals surface area contributed by atoms with Crippen molar-refractivity contribution >= 4 is 29.2 Å². The largest absolute Gasteiger partial charge is 0.497 e. The van der Waals surface area contributed by atoms with E-state index < -0.39 is 18.0 Å². The molecule has 1 aromatic heterocycles. The number of aromatic nitrogens is 1. The highest BCUT2D eigenvalue weighted by atomic mass is 35.5. The number of carbonyl (C=O) groups is 2. The van der Waals surface area contributed by atoms with Crippen molar-refractivity contribution in [2.75, 3.05) is 45.7 Å². The Kier molecular flexibility index (Phi) is 9.48. The first-order valence-corrected chi connectivity index (χ1v) is 14.0. The SMILES string of the molecule is COc1cccc(C(C(=O)N(C)CCCC2CCN(c3ccc(C(=O)N(C)C4CC4)c(Cl)n3)CC2)C(F)(F)F)c1. The quantitative estimate of drug-likeness (QED) is 0.333. The van der Waals surface area contributed by atoms with Crippen LogP contribution in [0.4, 0.5) is 19.0 Å². The molecule has 1 aliphatic carbocycles. The van der Waals surface area contributed by atoms with Crippen LogP contribution < -0.4 is 9.64 Å². The third-order valence-electron chi connectivity index (χ3n) is 7.90. The second-order valence-corrected chi connectivity index (χ2v) is 11.1. The molecular formula is C29H36ClF3N4O3. The van der Waals surface area contributed by atoms with Gasteiger partial charge in [-0.15, -0.1) is 0 Å². The molecule has 0 bridgehead atoms. The van der Waals surface area contributed by atoms with E-state index in [1.165, 1.54) is 37.3 Å². The summed E-state index contributed by atoms with van der Waals surface area (Å²) < 4.78 is 46.7. The van der Waals surface area contributed by atoms with E-state index in [1.54, 1.807) is 24.1 Å². The molecule has 11 heteroatoms. The number of halogens is 4. The van der Waals surface area contributed by atoms with Gasteiger partial charge in [-0.25, -0.2) is 4.98 Å². The summed E-state index contributed by atoms with van der Waals surface area (Å²) in [6.45, 7) is 1.78. The fraction of sp³-hybridized carbons (Fsp3) is 0.552. The zero-order chi connectivity index (χ0) is 29.0. The topological polar surface area (TPSA) is 66.0 Å². The van der Waals surface area contributed by atoms with E-state index in [-0.39, 0.29) is 28.9 Å². The number of likely N-dealkylation sites (N-methyl/N-ethyl adjacent to an activating group) is 1. The lowest BCUT2D eigenvalue weighted by atomic mass is 9.92. The molecule has 2 amide bonds. The van der Waals surface area contributed by atoms with Crippen LogP contribution in [0.3, 0.4) is 0 Å². The van der Waals surface area contributed by atoms with Crippen molar-refractivity contribution in [2.24, 2.45) is 5.92 Å². The van der Waals surface area contributed by atoms with E-state index in [1.807, 2.05) is 6.07 Å². The average molecular weight is 581 g/mol. The molecule has 7 nitrogen and oxygen atoms in total. The van der Waals surface area contributed by atoms with Gasteiger partial charge >= 0.3 is 6.18 Å². The molecule has 0 N–H and O–H groups in total. The van der Waals surface area contributed by atoms with Gasteiger partial charge < -0.3 is 19.4 Å². The second kappa shape index (κ2) is 12.7. The van der Waals surface area contributed by atoms with Gasteiger partial charge in [-0.1, -0.05) is 23.7 Å². The molecule has 1 atom stereocenters. The van der Waals surface area contributed by atoms with Crippen LogP contribution in [0, 0.1) is 5.92 Å². The first-order valence-electron chi connectivity index (χ1n) is 13.6. The number of rotatable bonds is 10. The number of anilines is 1. The Morgan fingerprint density at radius 2 is 1.82 bits per heavy atom. The van der Waals surface area contributed by atoms with Gasteiger partial charge in [0.15, 0.2) is 5.92 Å². The second-order valence-electron chi connectivity index (χ2n) is 10.7. The minimum atomic E-state index is -4.71. The molecule has 0 radical (unpaired) electrons. The van der Waals surface area contributed by atoms with Gasteiger partial charge in [0.1, 0.15) is 16.7 Å². The standard InChI is InChI=1S/C29H36ClF3N4O3/c1-35(28(39)25(29(31,32)33)20-7-4-8-22(18-20)40-3)15-5-6-19-13-16-37(17-14-19)24-12-11-23(26(30)34-24)27(38)36(2)21-9-10-21/h4,7-8,11-12,18-19,21,25H,5-6,9-10,13-17H2,1-3H3. The van der Waals surface area contributed by atoms with Gasteiger partial charge in [-0.3, -0.25) is 9.59 Å². The Balaban J connectivity index is 1.26. The number of pyridine rings is 1. The number of carbonyl (C=O) groups excluding carboxylic acids is 2. The molecule has 1 unspecified atom stereocenters. The van der Waals surface area contributed by atoms with Gasteiger partial charge in [0.2, 0.25) is 5.91 Å². The van der Waals surface area contributed by atoms with Crippen molar-refractivity contribution in [3.8, 4) is 5.75 Å². The minimum absolute atomic E-state index is 0.112. The fourth-order valence-corrected chi connectivity index (χ4v) is 5.50. The zero-order valence-electron chi connectivity index (χ0n) is 23.1. The molecule has 218 valence electrons. The molecule has 2 aliphatic rings. The summed E-state index contributed by atoms with van der Waals surface area (Å²) in [7, 11) is 4.59. The maximum atomic E-state index is 13.9. The van der Waals surface area contributed by atoms with Crippen LogP contribution in [0.25, 0.3) is 0 Å². The van der Waals surface area contributed by atoms with E-state index in [2.05, 4.69) is 9.88 Å². The molecule has 2 heterocycles. The van der Waals surface area contributed by atoms with Crippen LogP contribution in [0.5, 0.6) is 5.75 Å². The van der Waals surface area contributed by atoms with Gasteiger partial charge in [-0.05, 0) is 74.3 Å². The maximum absolute atomic E-state index is 13.9. The first-order chi connectivity index (χ1) is 19.0. The summed E-state index contributed by atoms with van der Waals surface area (Å²) in [4.78, 5) is 35.0. The van der Waals surface area contributed by atoms with E-state index in [0.717, 1.165) is 51.0 Å². The van der Waals surface area contributed by atoms with Gasteiger partial charge in [0.25, 0.3) is 5.91 Å². The number of alkyl halides is 3. The lowest BCUT2D eigenvalue weighted by Gasteiger charge is -2.33. The molecule has 1 saturated carbocycles. The van der Waals surface area contributed by atoms with Crippen molar-refractivity contribution in [2.45, 2.75) is 56.7 Å². The normalized spacial score (nSPS) is 16.9. The van der Waals surface area contributed by atoms with Crippen molar-refractivity contribution in [1.29, 1.82) is 0 Å². The van der Waals surface area contributed by atoms with Crippen LogP contribution in [-0.2, 0) is 4.79 Å². The highest BCUT2D eigenvalue weighted by Crippen LogP contribution is 2.37. The molecule has 1 saturated heterocycles. The van der Waals surface area contributed by atoms with E-state index in [4.69, 9.17) is 16.3 Å². The predicted molar refractivity (Wildman–Crippen MR) is 148 cm³/mol. The Morgan fingerprint density at radius 1 is 1.12 bits per heavy atom. The fourth-order valence-electron chi connectivity index (χ4n) is 5.27. The molecule has 1 aromatic carbocycles. The molecule has 2 fully saturated rings. The third kappa shape index (κ3) is 7.19. The van der Waals surface area contributed by atoms with Crippen LogP contribution in [0.2, 0.25) is 5.15 Å². The number of hydrogen-bond donors (Lipinski definition) is 0. The lowest BCUT2D eigenvalue weighted by molar-refractivity contribution is -0.171. The Morgan fingerprint density at radius 3 is 2.42 bits per heavy atom. The summed E-state index contributed by atoms with van der Waals surface area (Å²) in [5, 5.41) is 0.205. The van der Waals surface area contributed by atoms with Crippen LogP contribution in [-0.4, -0.2) is 79.7 Å². The summed E-state index contributed by atoms with van der Waals surface area (Å²) in [5.41, 5.74) is 0.282. The van der Waals surface area contributed by atoms with Crippen molar-refractivity contribution < 1.29 is 27.5 Å². The number of benzene rings is 1. The highest BCUT2D eigenvalue weighted by molar-refractivity contribution is 6.32. The molecule has 40 heavy (non-hydrogen) atoms. The summed E-state index contributed by atoms with van der Waals surface area (Å²) in [5.74, 6) is -1.90. The highest BCUT2D eigenvalue weighted by Gasteiger charge is 2.47. The maximum Gasteiger partial charge on any atom is 0.404 e.